The highest BCUT2D eigenvalue weighted by Crippen LogP contribution is 2.22. The first-order valence-corrected chi connectivity index (χ1v) is 4.83. The Kier molecular flexibility index (Phi) is 2.46. The summed E-state index contributed by atoms with van der Waals surface area (Å²) in [6, 6.07) is 10.4. The fourth-order valence-corrected chi connectivity index (χ4v) is 1.67. The van der Waals surface area contributed by atoms with Crippen molar-refractivity contribution in [1.82, 2.24) is 0 Å². The van der Waals surface area contributed by atoms with Crippen molar-refractivity contribution in [3.8, 4) is 0 Å². The van der Waals surface area contributed by atoms with Crippen molar-refractivity contribution in [2.24, 2.45) is 10.7 Å². The summed E-state index contributed by atoms with van der Waals surface area (Å²) in [6.45, 7) is 2.08. The maximum Gasteiger partial charge on any atom is 0.0721 e. The minimum Gasteiger partial charge on any atom is -0.320 e. The van der Waals surface area contributed by atoms with Crippen LogP contribution in [0.5, 0.6) is 0 Å². The smallest absolute Gasteiger partial charge is 0.0721 e. The molecule has 0 saturated heterocycles. The lowest BCUT2D eigenvalue weighted by atomic mass is 9.96. The van der Waals surface area contributed by atoms with Crippen LogP contribution in [0.15, 0.2) is 41.4 Å². The van der Waals surface area contributed by atoms with Crippen molar-refractivity contribution < 1.29 is 0 Å². The summed E-state index contributed by atoms with van der Waals surface area (Å²) in [5, 5.41) is 0. The predicted molar refractivity (Wildman–Crippen MR) is 60.3 cm³/mol. The number of hydrogen-bond donors (Lipinski definition) is 1. The third-order valence-corrected chi connectivity index (χ3v) is 2.41. The van der Waals surface area contributed by atoms with Crippen LogP contribution in [-0.2, 0) is 0 Å². The molecule has 1 aromatic carbocycles. The van der Waals surface area contributed by atoms with Gasteiger partial charge in [0.05, 0.1) is 12.1 Å². The second-order valence-corrected chi connectivity index (χ2v) is 3.54. The van der Waals surface area contributed by atoms with Gasteiger partial charge in [0, 0.05) is 6.21 Å². The molecule has 0 saturated carbocycles. The number of aliphatic imine (C=N–C) groups is 1. The van der Waals surface area contributed by atoms with Gasteiger partial charge in [-0.3, -0.25) is 4.99 Å². The van der Waals surface area contributed by atoms with Crippen LogP contribution in [0.3, 0.4) is 0 Å². The molecule has 72 valence electrons. The van der Waals surface area contributed by atoms with Crippen molar-refractivity contribution in [3.63, 3.8) is 0 Å². The molecule has 1 aromatic rings. The third kappa shape index (κ3) is 1.75. The van der Waals surface area contributed by atoms with Crippen LogP contribution in [-0.4, -0.2) is 18.3 Å². The molecular weight excluding hydrogens is 172 g/mol. The second kappa shape index (κ2) is 3.76. The average Bonchev–Trinajstić information content (AvgIpc) is 2.23. The number of hydrogen-bond acceptors (Lipinski definition) is 2. The maximum atomic E-state index is 5.80. The van der Waals surface area contributed by atoms with E-state index >= 15 is 0 Å². The lowest BCUT2D eigenvalue weighted by molar-refractivity contribution is 0.904. The van der Waals surface area contributed by atoms with Gasteiger partial charge in [-0.15, -0.1) is 0 Å². The van der Waals surface area contributed by atoms with Gasteiger partial charge in [-0.05, 0) is 18.1 Å². The summed E-state index contributed by atoms with van der Waals surface area (Å²) in [5.74, 6) is 0. The summed E-state index contributed by atoms with van der Waals surface area (Å²) in [7, 11) is 0. The molecule has 0 aliphatic carbocycles. The largest absolute Gasteiger partial charge is 0.320 e. The molecule has 0 spiro atoms. The molecule has 2 unspecified atom stereocenters. The highest BCUT2D eigenvalue weighted by Gasteiger charge is 2.14. The molecular formula is C12H14N2. The average molecular weight is 186 g/mol. The molecule has 0 fully saturated rings. The van der Waals surface area contributed by atoms with Crippen molar-refractivity contribution in [2.45, 2.75) is 19.0 Å². The third-order valence-electron chi connectivity index (χ3n) is 2.41. The Morgan fingerprint density at radius 3 is 2.64 bits per heavy atom. The molecule has 0 bridgehead atoms. The summed E-state index contributed by atoms with van der Waals surface area (Å²) in [5.41, 5.74) is 8.24. The Hall–Kier alpha value is -1.41. The maximum absolute atomic E-state index is 5.80. The van der Waals surface area contributed by atoms with E-state index in [0.717, 1.165) is 0 Å². The van der Waals surface area contributed by atoms with Gasteiger partial charge in [0.1, 0.15) is 0 Å². The van der Waals surface area contributed by atoms with Crippen molar-refractivity contribution in [3.05, 3.63) is 42.0 Å². The van der Waals surface area contributed by atoms with Gasteiger partial charge >= 0.3 is 0 Å². The van der Waals surface area contributed by atoms with Crippen LogP contribution < -0.4 is 5.73 Å². The Bertz CT molecular complexity index is 365. The quantitative estimate of drug-likeness (QED) is 0.714. The van der Waals surface area contributed by atoms with Crippen LogP contribution in [0.4, 0.5) is 0 Å². The molecule has 1 heterocycles. The van der Waals surface area contributed by atoms with E-state index in [1.54, 1.807) is 6.21 Å². The number of benzene rings is 1. The van der Waals surface area contributed by atoms with E-state index in [4.69, 9.17) is 5.73 Å². The van der Waals surface area contributed by atoms with Gasteiger partial charge in [-0.2, -0.15) is 0 Å². The van der Waals surface area contributed by atoms with Crippen LogP contribution in [0, 0.1) is 0 Å². The summed E-state index contributed by atoms with van der Waals surface area (Å²) >= 11 is 0. The van der Waals surface area contributed by atoms with Crippen LogP contribution in [0.2, 0.25) is 0 Å². The van der Waals surface area contributed by atoms with Gasteiger partial charge in [0.15, 0.2) is 0 Å². The first kappa shape index (κ1) is 9.16. The molecule has 1 aliphatic rings. The number of nitrogens with zero attached hydrogens (tertiary/aromatic N) is 1. The molecule has 1 aliphatic heterocycles. The molecule has 0 radical (unpaired) electrons. The highest BCUT2D eigenvalue weighted by atomic mass is 14.8. The number of dihydropyridines is 1. The first-order valence-electron chi connectivity index (χ1n) is 4.83. The Balaban J connectivity index is 2.35. The van der Waals surface area contributed by atoms with Gasteiger partial charge in [0.25, 0.3) is 0 Å². The fourth-order valence-electron chi connectivity index (χ4n) is 1.67. The van der Waals surface area contributed by atoms with Crippen LogP contribution >= 0.6 is 0 Å². The topological polar surface area (TPSA) is 38.4 Å². The van der Waals surface area contributed by atoms with Gasteiger partial charge in [-0.1, -0.05) is 36.4 Å². The lowest BCUT2D eigenvalue weighted by Gasteiger charge is -2.18. The lowest BCUT2D eigenvalue weighted by Crippen LogP contribution is -2.25. The number of nitrogens with two attached hydrogens (primary N) is 1. The SMILES string of the molecule is CC1N=CC(N)C=C1c1ccccc1. The van der Waals surface area contributed by atoms with Crippen molar-refractivity contribution >= 4 is 11.8 Å². The molecule has 2 rings (SSSR count). The molecule has 2 nitrogen and oxygen atoms in total. The van der Waals surface area contributed by atoms with E-state index in [1.165, 1.54) is 11.1 Å². The standard InChI is InChI=1S/C12H14N2/c1-9-12(7-11(13)8-14-9)10-5-3-2-4-6-10/h2-9,11H,13H2,1H3. The molecule has 2 heteroatoms. The predicted octanol–water partition coefficient (Wildman–Crippen LogP) is 1.87. The zero-order valence-corrected chi connectivity index (χ0v) is 8.22. The summed E-state index contributed by atoms with van der Waals surface area (Å²) in [6.07, 6.45) is 3.88. The molecule has 0 amide bonds. The van der Waals surface area contributed by atoms with E-state index in [0.29, 0.717) is 0 Å². The van der Waals surface area contributed by atoms with E-state index < -0.39 is 0 Å². The minimum absolute atomic E-state index is 0.0404. The first-order chi connectivity index (χ1) is 6.77. The molecule has 0 aromatic heterocycles. The van der Waals surface area contributed by atoms with E-state index in [-0.39, 0.29) is 12.1 Å². The highest BCUT2D eigenvalue weighted by molar-refractivity contribution is 5.81. The molecule has 2 N–H and O–H groups in total. The Morgan fingerprint density at radius 2 is 1.93 bits per heavy atom. The molecule has 2 atom stereocenters. The van der Waals surface area contributed by atoms with E-state index in [9.17, 15) is 0 Å². The minimum atomic E-state index is -0.0404. The Labute approximate surface area is 84.2 Å². The van der Waals surface area contributed by atoms with Crippen molar-refractivity contribution in [2.75, 3.05) is 0 Å². The summed E-state index contributed by atoms with van der Waals surface area (Å²) in [4.78, 5) is 4.35. The van der Waals surface area contributed by atoms with Crippen LogP contribution in [0.1, 0.15) is 12.5 Å². The van der Waals surface area contributed by atoms with Gasteiger partial charge < -0.3 is 5.73 Å². The fraction of sp³-hybridized carbons (Fsp3) is 0.250. The summed E-state index contributed by atoms with van der Waals surface area (Å²) < 4.78 is 0. The zero-order valence-electron chi connectivity index (χ0n) is 8.22. The van der Waals surface area contributed by atoms with Gasteiger partial charge in [0.2, 0.25) is 0 Å². The zero-order chi connectivity index (χ0) is 9.97. The second-order valence-electron chi connectivity index (χ2n) is 3.54. The normalized spacial score (nSPS) is 26.0. The van der Waals surface area contributed by atoms with Gasteiger partial charge in [-0.25, -0.2) is 0 Å². The molecule has 14 heavy (non-hydrogen) atoms. The Morgan fingerprint density at radius 1 is 1.21 bits per heavy atom. The van der Waals surface area contributed by atoms with E-state index in [2.05, 4.69) is 30.1 Å². The number of rotatable bonds is 1. The van der Waals surface area contributed by atoms with Crippen molar-refractivity contribution in [1.29, 1.82) is 0 Å². The monoisotopic (exact) mass is 186 g/mol. The van der Waals surface area contributed by atoms with Crippen LogP contribution in [0.25, 0.3) is 5.57 Å². The van der Waals surface area contributed by atoms with E-state index in [1.807, 2.05) is 18.2 Å².